The van der Waals surface area contributed by atoms with Crippen LogP contribution in [0.3, 0.4) is 0 Å². The van der Waals surface area contributed by atoms with Gasteiger partial charge in [0.15, 0.2) is 5.65 Å². The Morgan fingerprint density at radius 1 is 1.11 bits per heavy atom. The van der Waals surface area contributed by atoms with Crippen molar-refractivity contribution in [3.8, 4) is 16.9 Å². The number of pyridine rings is 1. The fourth-order valence-electron chi connectivity index (χ4n) is 4.02. The second-order valence-corrected chi connectivity index (χ2v) is 8.68. The van der Waals surface area contributed by atoms with Gasteiger partial charge in [-0.25, -0.2) is 4.52 Å². The first kappa shape index (κ1) is 22.8. The van der Waals surface area contributed by atoms with Gasteiger partial charge in [-0.05, 0) is 49.0 Å². The van der Waals surface area contributed by atoms with Crippen LogP contribution in [0, 0.1) is 0 Å². The van der Waals surface area contributed by atoms with Crippen molar-refractivity contribution in [2.24, 2.45) is 0 Å². The Hall–Kier alpha value is -3.96. The molecule has 5 rings (SSSR count). The summed E-state index contributed by atoms with van der Waals surface area (Å²) in [5.41, 5.74) is 8.80. The Bertz CT molecular complexity index is 1290. The average molecular weight is 476 g/mol. The minimum atomic E-state index is -0.163. The smallest absolute Gasteiger partial charge is 0.246 e. The molecule has 0 unspecified atom stereocenters. The van der Waals surface area contributed by atoms with Crippen molar-refractivity contribution in [3.05, 3.63) is 55.0 Å². The van der Waals surface area contributed by atoms with Crippen LogP contribution in [0.4, 0.5) is 11.6 Å². The molecule has 4 aromatic rings. The minimum absolute atomic E-state index is 0.101. The van der Waals surface area contributed by atoms with Gasteiger partial charge in [0.2, 0.25) is 11.9 Å². The third kappa shape index (κ3) is 5.76. The minimum Gasteiger partial charge on any atom is -0.492 e. The largest absolute Gasteiger partial charge is 0.492 e. The van der Waals surface area contributed by atoms with E-state index < -0.39 is 0 Å². The van der Waals surface area contributed by atoms with Crippen molar-refractivity contribution in [3.63, 3.8) is 0 Å². The number of nitrogens with zero attached hydrogens (tertiary/aromatic N) is 7. The van der Waals surface area contributed by atoms with Crippen molar-refractivity contribution < 1.29 is 9.53 Å². The number of carbonyl (C=O) groups is 1. The molecule has 0 radical (unpaired) electrons. The summed E-state index contributed by atoms with van der Waals surface area (Å²) in [5.74, 6) is 0.851. The van der Waals surface area contributed by atoms with E-state index in [4.69, 9.17) is 10.5 Å². The molecule has 4 heterocycles. The standard InChI is InChI=1S/C24H29N9O2/c1-30-8-10-31(11-9-30)12-13-35-21-4-2-20(3-5-21)27-23(34)17-32-16-19(15-26-32)18-6-7-33-22(14-18)28-24(25)29-33/h2-7,14-16H,8-13,17H2,1H3,(H2,25,29)(H,27,34). The first-order chi connectivity index (χ1) is 17.0. The normalized spacial score (nSPS) is 14.9. The Morgan fingerprint density at radius 3 is 2.71 bits per heavy atom. The molecule has 0 saturated carbocycles. The molecule has 11 heteroatoms. The molecule has 1 fully saturated rings. The van der Waals surface area contributed by atoms with Gasteiger partial charge in [0.05, 0.1) is 6.20 Å². The quantitative estimate of drug-likeness (QED) is 0.393. The highest BCUT2D eigenvalue weighted by Gasteiger charge is 2.13. The van der Waals surface area contributed by atoms with Crippen LogP contribution in [0.15, 0.2) is 55.0 Å². The number of aromatic nitrogens is 5. The molecule has 0 atom stereocenters. The maximum Gasteiger partial charge on any atom is 0.246 e. The zero-order valence-electron chi connectivity index (χ0n) is 19.7. The van der Waals surface area contributed by atoms with Gasteiger partial charge in [0.1, 0.15) is 18.9 Å². The summed E-state index contributed by atoms with van der Waals surface area (Å²) >= 11 is 0. The van der Waals surface area contributed by atoms with Crippen LogP contribution in [0.1, 0.15) is 0 Å². The maximum absolute atomic E-state index is 12.5. The second kappa shape index (κ2) is 10.1. The van der Waals surface area contributed by atoms with E-state index >= 15 is 0 Å². The van der Waals surface area contributed by atoms with Crippen molar-refractivity contribution >= 4 is 23.2 Å². The van der Waals surface area contributed by atoms with E-state index in [9.17, 15) is 4.79 Å². The first-order valence-corrected chi connectivity index (χ1v) is 11.6. The van der Waals surface area contributed by atoms with Gasteiger partial charge in [0.25, 0.3) is 0 Å². The lowest BCUT2D eigenvalue weighted by Crippen LogP contribution is -2.45. The first-order valence-electron chi connectivity index (χ1n) is 11.6. The third-order valence-electron chi connectivity index (χ3n) is 6.04. The molecule has 0 bridgehead atoms. The van der Waals surface area contributed by atoms with E-state index in [1.54, 1.807) is 21.6 Å². The topological polar surface area (TPSA) is 119 Å². The number of nitrogens with one attached hydrogen (secondary N) is 1. The highest BCUT2D eigenvalue weighted by atomic mass is 16.5. The number of rotatable bonds is 8. The molecule has 11 nitrogen and oxygen atoms in total. The molecule has 3 N–H and O–H groups in total. The molecule has 1 amide bonds. The van der Waals surface area contributed by atoms with Crippen LogP contribution >= 0.6 is 0 Å². The zero-order chi connectivity index (χ0) is 24.2. The molecule has 1 aliphatic heterocycles. The molecule has 1 saturated heterocycles. The number of anilines is 2. The number of likely N-dealkylation sites (N-methyl/N-ethyl adjacent to an activating group) is 1. The Kier molecular flexibility index (Phi) is 6.59. The summed E-state index contributed by atoms with van der Waals surface area (Å²) in [4.78, 5) is 21.4. The van der Waals surface area contributed by atoms with Crippen molar-refractivity contribution in [2.75, 3.05) is 57.4 Å². The summed E-state index contributed by atoms with van der Waals surface area (Å²) < 4.78 is 9.08. The van der Waals surface area contributed by atoms with Gasteiger partial charge in [0, 0.05) is 56.4 Å². The van der Waals surface area contributed by atoms with E-state index in [2.05, 4.69) is 37.3 Å². The molecule has 0 spiro atoms. The fourth-order valence-corrected chi connectivity index (χ4v) is 4.02. The molecular weight excluding hydrogens is 446 g/mol. The van der Waals surface area contributed by atoms with Crippen LogP contribution in [0.25, 0.3) is 16.8 Å². The Balaban J connectivity index is 1.10. The fraction of sp³-hybridized carbons (Fsp3) is 0.333. The molecule has 3 aromatic heterocycles. The van der Waals surface area contributed by atoms with Crippen LogP contribution < -0.4 is 15.8 Å². The number of amides is 1. The molecule has 1 aliphatic rings. The monoisotopic (exact) mass is 475 g/mol. The zero-order valence-corrected chi connectivity index (χ0v) is 19.7. The average Bonchev–Trinajstić information content (AvgIpc) is 3.46. The number of benzene rings is 1. The molecule has 1 aromatic carbocycles. The van der Waals surface area contributed by atoms with E-state index in [0.717, 1.165) is 49.6 Å². The van der Waals surface area contributed by atoms with E-state index in [1.807, 2.05) is 42.6 Å². The number of carbonyl (C=O) groups excluding carboxylic acids is 1. The molecule has 35 heavy (non-hydrogen) atoms. The maximum atomic E-state index is 12.5. The lowest BCUT2D eigenvalue weighted by molar-refractivity contribution is -0.116. The number of hydrogen-bond acceptors (Lipinski definition) is 8. The number of hydrogen-bond donors (Lipinski definition) is 2. The van der Waals surface area contributed by atoms with Gasteiger partial charge in [-0.15, -0.1) is 5.10 Å². The van der Waals surface area contributed by atoms with Crippen molar-refractivity contribution in [1.82, 2.24) is 34.2 Å². The number of fused-ring (bicyclic) bond motifs is 1. The lowest BCUT2D eigenvalue weighted by Gasteiger charge is -2.32. The van der Waals surface area contributed by atoms with Crippen LogP contribution in [-0.2, 0) is 11.3 Å². The second-order valence-electron chi connectivity index (χ2n) is 8.68. The van der Waals surface area contributed by atoms with Gasteiger partial charge in [-0.1, -0.05) is 0 Å². The predicted molar refractivity (Wildman–Crippen MR) is 133 cm³/mol. The van der Waals surface area contributed by atoms with Crippen LogP contribution in [0.5, 0.6) is 5.75 Å². The van der Waals surface area contributed by atoms with E-state index in [-0.39, 0.29) is 18.4 Å². The number of piperazine rings is 1. The van der Waals surface area contributed by atoms with Crippen LogP contribution in [0.2, 0.25) is 0 Å². The molecule has 182 valence electrons. The lowest BCUT2D eigenvalue weighted by atomic mass is 10.1. The summed E-state index contributed by atoms with van der Waals surface area (Å²) in [7, 11) is 2.15. The Morgan fingerprint density at radius 2 is 1.91 bits per heavy atom. The molecular formula is C24H29N9O2. The highest BCUT2D eigenvalue weighted by molar-refractivity contribution is 5.90. The van der Waals surface area contributed by atoms with E-state index in [0.29, 0.717) is 17.9 Å². The van der Waals surface area contributed by atoms with Gasteiger partial charge in [-0.3, -0.25) is 14.4 Å². The van der Waals surface area contributed by atoms with Gasteiger partial charge in [-0.2, -0.15) is 10.1 Å². The van der Waals surface area contributed by atoms with Crippen molar-refractivity contribution in [2.45, 2.75) is 6.54 Å². The van der Waals surface area contributed by atoms with Gasteiger partial charge >= 0.3 is 0 Å². The molecule has 0 aliphatic carbocycles. The predicted octanol–water partition coefficient (Wildman–Crippen LogP) is 1.44. The summed E-state index contributed by atoms with van der Waals surface area (Å²) in [6.45, 7) is 6.02. The third-order valence-corrected chi connectivity index (χ3v) is 6.04. The summed E-state index contributed by atoms with van der Waals surface area (Å²) in [5, 5.41) is 11.3. The number of nitrogens with two attached hydrogens (primary N) is 1. The Labute approximate surface area is 203 Å². The van der Waals surface area contributed by atoms with Crippen LogP contribution in [-0.4, -0.2) is 86.5 Å². The van der Waals surface area contributed by atoms with Crippen molar-refractivity contribution in [1.29, 1.82) is 0 Å². The highest BCUT2D eigenvalue weighted by Crippen LogP contribution is 2.20. The summed E-state index contributed by atoms with van der Waals surface area (Å²) in [6.07, 6.45) is 5.33. The van der Waals surface area contributed by atoms with E-state index in [1.165, 1.54) is 0 Å². The number of ether oxygens (including phenoxy) is 1. The SMILES string of the molecule is CN1CCN(CCOc2ccc(NC(=O)Cn3cc(-c4ccn5nc(N)nc5c4)cn3)cc2)CC1. The summed E-state index contributed by atoms with van der Waals surface area (Å²) in [6, 6.07) is 11.2. The van der Waals surface area contributed by atoms with Gasteiger partial charge < -0.3 is 20.7 Å². The number of nitrogen functional groups attached to an aromatic ring is 1.